The summed E-state index contributed by atoms with van der Waals surface area (Å²) in [5.41, 5.74) is 1.00. The summed E-state index contributed by atoms with van der Waals surface area (Å²) in [5.74, 6) is 3.16. The normalized spacial score (nSPS) is 15.1. The zero-order valence-corrected chi connectivity index (χ0v) is 15.7. The molecule has 1 saturated carbocycles. The second kappa shape index (κ2) is 8.43. The van der Waals surface area contributed by atoms with Crippen molar-refractivity contribution in [3.05, 3.63) is 30.9 Å². The van der Waals surface area contributed by atoms with E-state index in [1.807, 2.05) is 24.3 Å². The second-order valence-corrected chi connectivity index (χ2v) is 7.12. The lowest BCUT2D eigenvalue weighted by molar-refractivity contribution is 0.339. The van der Waals surface area contributed by atoms with Gasteiger partial charge in [-0.1, -0.05) is 37.1 Å². The number of hydrogen-bond donors (Lipinski definition) is 0. The molecule has 25 heavy (non-hydrogen) atoms. The number of methoxy groups -OCH3 is 2. The standard InChI is InChI=1S/C19H25N3O2S/c1-4-12-25-19-21-20-18(22(19)15-8-6-5-7-9-15)14-10-11-16(23-2)17(13-14)24-3/h4,10-11,13,15H,1,5-9,12H2,2-3H3. The van der Waals surface area contributed by atoms with E-state index in [9.17, 15) is 0 Å². The largest absolute Gasteiger partial charge is 0.493 e. The summed E-state index contributed by atoms with van der Waals surface area (Å²) >= 11 is 1.69. The third-order valence-electron chi connectivity index (χ3n) is 4.58. The van der Waals surface area contributed by atoms with Crippen molar-refractivity contribution < 1.29 is 9.47 Å². The SMILES string of the molecule is C=CCSc1nnc(-c2ccc(OC)c(OC)c2)n1C1CCCCC1. The molecule has 0 N–H and O–H groups in total. The Balaban J connectivity index is 2.02. The summed E-state index contributed by atoms with van der Waals surface area (Å²) in [6.45, 7) is 3.82. The van der Waals surface area contributed by atoms with Gasteiger partial charge in [-0.15, -0.1) is 16.8 Å². The van der Waals surface area contributed by atoms with Crippen LogP contribution in [0, 0.1) is 0 Å². The fourth-order valence-electron chi connectivity index (χ4n) is 3.35. The van der Waals surface area contributed by atoms with E-state index in [1.54, 1.807) is 26.0 Å². The summed E-state index contributed by atoms with van der Waals surface area (Å²) in [6, 6.07) is 6.38. The topological polar surface area (TPSA) is 49.2 Å². The molecular formula is C19H25N3O2S. The van der Waals surface area contributed by atoms with E-state index in [-0.39, 0.29) is 0 Å². The molecule has 2 aromatic rings. The lowest BCUT2D eigenvalue weighted by Crippen LogP contribution is -2.15. The van der Waals surface area contributed by atoms with E-state index in [4.69, 9.17) is 9.47 Å². The van der Waals surface area contributed by atoms with E-state index >= 15 is 0 Å². The van der Waals surface area contributed by atoms with Crippen molar-refractivity contribution in [3.63, 3.8) is 0 Å². The Hall–Kier alpha value is -1.95. The van der Waals surface area contributed by atoms with Gasteiger partial charge in [-0.2, -0.15) is 0 Å². The minimum Gasteiger partial charge on any atom is -0.493 e. The van der Waals surface area contributed by atoms with Crippen LogP contribution in [0.3, 0.4) is 0 Å². The number of thioether (sulfide) groups is 1. The van der Waals surface area contributed by atoms with Crippen LogP contribution >= 0.6 is 11.8 Å². The summed E-state index contributed by atoms with van der Waals surface area (Å²) < 4.78 is 13.1. The Bertz CT molecular complexity index is 723. The number of ether oxygens (including phenoxy) is 2. The molecule has 0 amide bonds. The minimum absolute atomic E-state index is 0.458. The summed E-state index contributed by atoms with van der Waals surface area (Å²) in [7, 11) is 3.30. The van der Waals surface area contributed by atoms with Crippen molar-refractivity contribution in [2.75, 3.05) is 20.0 Å². The van der Waals surface area contributed by atoms with Gasteiger partial charge in [0.15, 0.2) is 22.5 Å². The van der Waals surface area contributed by atoms with Crippen LogP contribution in [0.2, 0.25) is 0 Å². The summed E-state index contributed by atoms with van der Waals surface area (Å²) in [4.78, 5) is 0. The molecule has 0 spiro atoms. The monoisotopic (exact) mass is 359 g/mol. The molecule has 0 radical (unpaired) electrons. The first kappa shape index (κ1) is 17.9. The summed E-state index contributed by atoms with van der Waals surface area (Å²) in [5, 5.41) is 9.94. The zero-order valence-electron chi connectivity index (χ0n) is 14.9. The van der Waals surface area contributed by atoms with Crippen molar-refractivity contribution in [1.29, 1.82) is 0 Å². The lowest BCUT2D eigenvalue weighted by atomic mass is 9.95. The predicted octanol–water partition coefficient (Wildman–Crippen LogP) is 4.75. The molecule has 0 aliphatic heterocycles. The Labute approximate surface area is 153 Å². The molecule has 6 heteroatoms. The number of benzene rings is 1. The fourth-order valence-corrected chi connectivity index (χ4v) is 4.09. The van der Waals surface area contributed by atoms with E-state index in [0.29, 0.717) is 11.8 Å². The van der Waals surface area contributed by atoms with E-state index in [0.717, 1.165) is 28.0 Å². The van der Waals surface area contributed by atoms with Gasteiger partial charge in [0.05, 0.1) is 14.2 Å². The van der Waals surface area contributed by atoms with Gasteiger partial charge in [0.25, 0.3) is 0 Å². The highest BCUT2D eigenvalue weighted by molar-refractivity contribution is 7.99. The van der Waals surface area contributed by atoms with Gasteiger partial charge < -0.3 is 9.47 Å². The van der Waals surface area contributed by atoms with Crippen molar-refractivity contribution >= 4 is 11.8 Å². The Morgan fingerprint density at radius 2 is 1.92 bits per heavy atom. The molecule has 0 bridgehead atoms. The van der Waals surface area contributed by atoms with Crippen LogP contribution in [0.5, 0.6) is 11.5 Å². The summed E-state index contributed by atoms with van der Waals surface area (Å²) in [6.07, 6.45) is 8.11. The average Bonchev–Trinajstić information content (AvgIpc) is 3.10. The third kappa shape index (κ3) is 3.84. The quantitative estimate of drug-likeness (QED) is 0.527. The molecule has 1 aromatic heterocycles. The zero-order chi connectivity index (χ0) is 17.6. The highest BCUT2D eigenvalue weighted by Gasteiger charge is 2.24. The molecule has 1 aromatic carbocycles. The maximum absolute atomic E-state index is 5.45. The van der Waals surface area contributed by atoms with E-state index < -0.39 is 0 Å². The maximum Gasteiger partial charge on any atom is 0.192 e. The molecule has 5 nitrogen and oxygen atoms in total. The lowest BCUT2D eigenvalue weighted by Gasteiger charge is -2.25. The van der Waals surface area contributed by atoms with Crippen molar-refractivity contribution in [2.24, 2.45) is 0 Å². The van der Waals surface area contributed by atoms with Gasteiger partial charge in [0, 0.05) is 17.4 Å². The number of nitrogens with zero attached hydrogens (tertiary/aromatic N) is 3. The van der Waals surface area contributed by atoms with Crippen LogP contribution in [0.1, 0.15) is 38.1 Å². The van der Waals surface area contributed by atoms with Gasteiger partial charge in [-0.05, 0) is 31.0 Å². The van der Waals surface area contributed by atoms with E-state index in [1.165, 1.54) is 32.1 Å². The molecular weight excluding hydrogens is 334 g/mol. The van der Waals surface area contributed by atoms with Gasteiger partial charge >= 0.3 is 0 Å². The average molecular weight is 359 g/mol. The van der Waals surface area contributed by atoms with Gasteiger partial charge in [0.1, 0.15) is 0 Å². The molecule has 1 fully saturated rings. The van der Waals surface area contributed by atoms with Crippen molar-refractivity contribution in [3.8, 4) is 22.9 Å². The minimum atomic E-state index is 0.458. The van der Waals surface area contributed by atoms with Crippen molar-refractivity contribution in [2.45, 2.75) is 43.3 Å². The van der Waals surface area contributed by atoms with Crippen LogP contribution in [-0.2, 0) is 0 Å². The molecule has 1 aliphatic rings. The first-order chi connectivity index (χ1) is 12.3. The molecule has 134 valence electrons. The smallest absolute Gasteiger partial charge is 0.192 e. The molecule has 0 atom stereocenters. The van der Waals surface area contributed by atoms with Gasteiger partial charge in [-0.25, -0.2) is 0 Å². The molecule has 0 unspecified atom stereocenters. The van der Waals surface area contributed by atoms with Crippen LogP contribution in [0.15, 0.2) is 36.0 Å². The van der Waals surface area contributed by atoms with Crippen LogP contribution < -0.4 is 9.47 Å². The first-order valence-corrected chi connectivity index (χ1v) is 9.68. The number of rotatable bonds is 7. The Morgan fingerprint density at radius 1 is 1.16 bits per heavy atom. The number of hydrogen-bond acceptors (Lipinski definition) is 5. The predicted molar refractivity (Wildman–Crippen MR) is 102 cm³/mol. The highest BCUT2D eigenvalue weighted by Crippen LogP contribution is 2.37. The molecule has 1 heterocycles. The molecule has 0 saturated heterocycles. The Morgan fingerprint density at radius 3 is 2.60 bits per heavy atom. The molecule has 3 rings (SSSR count). The van der Waals surface area contributed by atoms with Gasteiger partial charge in [0.2, 0.25) is 0 Å². The second-order valence-electron chi connectivity index (χ2n) is 6.14. The first-order valence-electron chi connectivity index (χ1n) is 8.69. The van der Waals surface area contributed by atoms with Crippen molar-refractivity contribution in [1.82, 2.24) is 14.8 Å². The van der Waals surface area contributed by atoms with Crippen LogP contribution in [0.25, 0.3) is 11.4 Å². The van der Waals surface area contributed by atoms with E-state index in [2.05, 4.69) is 21.3 Å². The third-order valence-corrected chi connectivity index (χ3v) is 5.52. The number of aromatic nitrogens is 3. The molecule has 1 aliphatic carbocycles. The fraction of sp³-hybridized carbons (Fsp3) is 0.474. The van der Waals surface area contributed by atoms with Crippen LogP contribution in [-0.4, -0.2) is 34.7 Å². The van der Waals surface area contributed by atoms with Crippen LogP contribution in [0.4, 0.5) is 0 Å². The van der Waals surface area contributed by atoms with Gasteiger partial charge in [-0.3, -0.25) is 4.57 Å². The highest BCUT2D eigenvalue weighted by atomic mass is 32.2. The maximum atomic E-state index is 5.45. The Kier molecular flexibility index (Phi) is 6.02.